The van der Waals surface area contributed by atoms with Crippen LogP contribution in [0.3, 0.4) is 0 Å². The van der Waals surface area contributed by atoms with Gasteiger partial charge in [-0.15, -0.1) is 5.10 Å². The van der Waals surface area contributed by atoms with E-state index in [1.165, 1.54) is 29.1 Å². The van der Waals surface area contributed by atoms with Gasteiger partial charge in [-0.1, -0.05) is 11.3 Å². The Bertz CT molecular complexity index is 1180. The molecule has 0 spiro atoms. The van der Waals surface area contributed by atoms with E-state index in [0.717, 1.165) is 0 Å². The first-order chi connectivity index (χ1) is 15.3. The van der Waals surface area contributed by atoms with Gasteiger partial charge in [0, 0.05) is 44.4 Å². The third-order valence-electron chi connectivity index (χ3n) is 5.22. The molecule has 13 heteroatoms. The molecule has 164 valence electrons. The van der Waals surface area contributed by atoms with Gasteiger partial charge in [-0.25, -0.2) is 9.67 Å². The first kappa shape index (κ1) is 20.8. The second kappa shape index (κ2) is 8.37. The minimum absolute atomic E-state index is 0.0788. The second-order valence-electron chi connectivity index (χ2n) is 7.12. The molecule has 0 atom stereocenters. The molecular formula is C19H18N8O5. The van der Waals surface area contributed by atoms with Crippen molar-refractivity contribution in [1.29, 1.82) is 0 Å². The Kier molecular flexibility index (Phi) is 5.45. The quantitative estimate of drug-likeness (QED) is 0.428. The summed E-state index contributed by atoms with van der Waals surface area (Å²) >= 11 is 0. The van der Waals surface area contributed by atoms with Gasteiger partial charge in [0.15, 0.2) is 5.69 Å². The molecular weight excluding hydrogens is 420 g/mol. The molecule has 0 bridgehead atoms. The summed E-state index contributed by atoms with van der Waals surface area (Å²) in [5, 5.41) is 29.8. The summed E-state index contributed by atoms with van der Waals surface area (Å²) in [5.41, 5.74) is 0.942. The highest BCUT2D eigenvalue weighted by atomic mass is 16.6. The van der Waals surface area contributed by atoms with Crippen molar-refractivity contribution < 1.29 is 14.6 Å². The van der Waals surface area contributed by atoms with Crippen molar-refractivity contribution in [2.45, 2.75) is 6.92 Å². The number of amides is 1. The van der Waals surface area contributed by atoms with E-state index in [4.69, 9.17) is 0 Å². The van der Waals surface area contributed by atoms with Crippen LogP contribution in [-0.4, -0.2) is 66.8 Å². The fourth-order valence-corrected chi connectivity index (χ4v) is 3.47. The SMILES string of the molecule is Cc1c(C(=O)N2CCN(c3ccc([N+](=O)[O-])cn3)CC2)nnn1-c1cccc([N+](=O)[O-])c1. The van der Waals surface area contributed by atoms with Crippen LogP contribution < -0.4 is 4.90 Å². The van der Waals surface area contributed by atoms with Crippen molar-refractivity contribution in [3.63, 3.8) is 0 Å². The van der Waals surface area contributed by atoms with Gasteiger partial charge in [0.05, 0.1) is 21.2 Å². The lowest BCUT2D eigenvalue weighted by molar-refractivity contribution is -0.385. The molecule has 2 aromatic heterocycles. The number of rotatable bonds is 5. The van der Waals surface area contributed by atoms with Gasteiger partial charge in [0.25, 0.3) is 17.3 Å². The van der Waals surface area contributed by atoms with Gasteiger partial charge in [0.1, 0.15) is 12.0 Å². The number of nitro benzene ring substituents is 1. The number of non-ortho nitro benzene ring substituents is 1. The second-order valence-corrected chi connectivity index (χ2v) is 7.12. The molecule has 3 heterocycles. The zero-order valence-corrected chi connectivity index (χ0v) is 17.0. The number of benzene rings is 1. The summed E-state index contributed by atoms with van der Waals surface area (Å²) in [6, 6.07) is 8.92. The van der Waals surface area contributed by atoms with Crippen molar-refractivity contribution in [2.75, 3.05) is 31.1 Å². The zero-order chi connectivity index (χ0) is 22.8. The smallest absolute Gasteiger partial charge is 0.287 e. The van der Waals surface area contributed by atoms with Crippen molar-refractivity contribution in [1.82, 2.24) is 24.9 Å². The average molecular weight is 438 g/mol. The molecule has 0 saturated carbocycles. The van der Waals surface area contributed by atoms with E-state index in [0.29, 0.717) is 43.4 Å². The van der Waals surface area contributed by atoms with E-state index in [1.54, 1.807) is 30.0 Å². The first-order valence-electron chi connectivity index (χ1n) is 9.67. The Morgan fingerprint density at radius 1 is 1.00 bits per heavy atom. The molecule has 0 N–H and O–H groups in total. The van der Waals surface area contributed by atoms with Crippen LogP contribution in [-0.2, 0) is 0 Å². The lowest BCUT2D eigenvalue weighted by Crippen LogP contribution is -2.49. The van der Waals surface area contributed by atoms with Crippen molar-refractivity contribution in [2.24, 2.45) is 0 Å². The zero-order valence-electron chi connectivity index (χ0n) is 17.0. The Morgan fingerprint density at radius 2 is 1.72 bits per heavy atom. The average Bonchev–Trinajstić information content (AvgIpc) is 3.20. The molecule has 0 radical (unpaired) electrons. The number of piperazine rings is 1. The number of anilines is 1. The molecule has 4 rings (SSSR count). The molecule has 0 aliphatic carbocycles. The summed E-state index contributed by atoms with van der Waals surface area (Å²) in [7, 11) is 0. The van der Waals surface area contributed by atoms with Crippen molar-refractivity contribution in [3.05, 3.63) is 74.2 Å². The van der Waals surface area contributed by atoms with Gasteiger partial charge in [-0.2, -0.15) is 0 Å². The van der Waals surface area contributed by atoms with Crippen LogP contribution in [0.5, 0.6) is 0 Å². The van der Waals surface area contributed by atoms with Crippen molar-refractivity contribution >= 4 is 23.1 Å². The van der Waals surface area contributed by atoms with Gasteiger partial charge in [-0.05, 0) is 19.1 Å². The minimum Gasteiger partial charge on any atom is -0.353 e. The number of pyridine rings is 1. The highest BCUT2D eigenvalue weighted by molar-refractivity contribution is 5.93. The third-order valence-corrected chi connectivity index (χ3v) is 5.22. The molecule has 1 fully saturated rings. The van der Waals surface area contributed by atoms with Crippen LogP contribution in [0.25, 0.3) is 5.69 Å². The standard InChI is InChI=1S/C19H18N8O5/c1-13-18(21-22-25(13)14-3-2-4-15(11-14)26(29)30)19(28)24-9-7-23(8-10-24)17-6-5-16(12-20-17)27(31)32/h2-6,11-12H,7-10H2,1H3. The van der Waals surface area contributed by atoms with Crippen LogP contribution in [0.4, 0.5) is 17.2 Å². The monoisotopic (exact) mass is 438 g/mol. The Morgan fingerprint density at radius 3 is 2.34 bits per heavy atom. The molecule has 1 aliphatic rings. The number of carbonyl (C=O) groups is 1. The van der Waals surface area contributed by atoms with Gasteiger partial charge in [0.2, 0.25) is 0 Å². The highest BCUT2D eigenvalue weighted by Gasteiger charge is 2.27. The molecule has 3 aromatic rings. The largest absolute Gasteiger partial charge is 0.353 e. The van der Waals surface area contributed by atoms with Crippen molar-refractivity contribution in [3.8, 4) is 5.69 Å². The summed E-state index contributed by atoms with van der Waals surface area (Å²) in [6.07, 6.45) is 1.21. The van der Waals surface area contributed by atoms with E-state index in [1.807, 2.05) is 4.90 Å². The number of aromatic nitrogens is 4. The van der Waals surface area contributed by atoms with Gasteiger partial charge in [-0.3, -0.25) is 25.0 Å². The van der Waals surface area contributed by atoms with E-state index in [-0.39, 0.29) is 23.0 Å². The topological polar surface area (TPSA) is 153 Å². The number of hydrogen-bond acceptors (Lipinski definition) is 9. The molecule has 1 aromatic carbocycles. The number of hydrogen-bond donors (Lipinski definition) is 0. The molecule has 1 saturated heterocycles. The molecule has 13 nitrogen and oxygen atoms in total. The molecule has 1 amide bonds. The first-order valence-corrected chi connectivity index (χ1v) is 9.67. The Labute approximate surface area is 181 Å². The maximum absolute atomic E-state index is 13.0. The lowest BCUT2D eigenvalue weighted by Gasteiger charge is -2.35. The predicted octanol–water partition coefficient (Wildman–Crippen LogP) is 1.75. The van der Waals surface area contributed by atoms with E-state index < -0.39 is 9.85 Å². The number of carbonyl (C=O) groups excluding carboxylic acids is 1. The summed E-state index contributed by atoms with van der Waals surface area (Å²) in [5.74, 6) is 0.325. The summed E-state index contributed by atoms with van der Waals surface area (Å²) in [4.78, 5) is 41.5. The predicted molar refractivity (Wildman–Crippen MR) is 112 cm³/mol. The minimum atomic E-state index is -0.503. The maximum Gasteiger partial charge on any atom is 0.287 e. The van der Waals surface area contributed by atoms with Gasteiger partial charge >= 0.3 is 0 Å². The summed E-state index contributed by atoms with van der Waals surface area (Å²) in [6.45, 7) is 3.54. The summed E-state index contributed by atoms with van der Waals surface area (Å²) < 4.78 is 1.40. The molecule has 32 heavy (non-hydrogen) atoms. The van der Waals surface area contributed by atoms with Gasteiger partial charge < -0.3 is 9.80 Å². The van der Waals surface area contributed by atoms with Crippen LogP contribution in [0.2, 0.25) is 0 Å². The normalized spacial score (nSPS) is 13.8. The number of nitrogens with zero attached hydrogens (tertiary/aromatic N) is 8. The number of nitro groups is 2. The van der Waals surface area contributed by atoms with Crippen LogP contribution in [0.15, 0.2) is 42.6 Å². The molecule has 0 unspecified atom stereocenters. The Hall–Kier alpha value is -4.42. The third kappa shape index (κ3) is 3.95. The van der Waals surface area contributed by atoms with E-state index in [2.05, 4.69) is 15.3 Å². The van der Waals surface area contributed by atoms with Crippen LogP contribution in [0, 0.1) is 27.2 Å². The van der Waals surface area contributed by atoms with Crippen LogP contribution in [0.1, 0.15) is 16.2 Å². The van der Waals surface area contributed by atoms with E-state index in [9.17, 15) is 25.0 Å². The lowest BCUT2D eigenvalue weighted by atomic mass is 10.2. The maximum atomic E-state index is 13.0. The van der Waals surface area contributed by atoms with Crippen LogP contribution >= 0.6 is 0 Å². The highest BCUT2D eigenvalue weighted by Crippen LogP contribution is 2.21. The molecule has 1 aliphatic heterocycles. The fourth-order valence-electron chi connectivity index (χ4n) is 3.47. The van der Waals surface area contributed by atoms with E-state index >= 15 is 0 Å². The Balaban J connectivity index is 1.45. The fraction of sp³-hybridized carbons (Fsp3) is 0.263.